The van der Waals surface area contributed by atoms with Crippen LogP contribution in [0.3, 0.4) is 0 Å². The lowest BCUT2D eigenvalue weighted by molar-refractivity contribution is -0.150. The highest BCUT2D eigenvalue weighted by molar-refractivity contribution is 8.00. The Morgan fingerprint density at radius 2 is 0.656 bits per heavy atom. The van der Waals surface area contributed by atoms with Crippen LogP contribution >= 0.6 is 47.0 Å². The second-order valence-corrected chi connectivity index (χ2v) is 35.1. The second-order valence-electron chi connectivity index (χ2n) is 30.7. The lowest BCUT2D eigenvalue weighted by Crippen LogP contribution is -2.35. The number of isocyanates is 1. The molecule has 14 rings (SSSR count). The third-order valence-corrected chi connectivity index (χ3v) is 25.6. The van der Waals surface area contributed by atoms with Gasteiger partial charge in [0.1, 0.15) is 74.8 Å². The number of aliphatic hydroxyl groups excluding tert-OH is 2. The summed E-state index contributed by atoms with van der Waals surface area (Å²) in [6.07, 6.45) is -1.26. The molecule has 0 saturated heterocycles. The summed E-state index contributed by atoms with van der Waals surface area (Å²) in [4.78, 5) is 77.1. The first-order chi connectivity index (χ1) is 63.8. The molecule has 0 aliphatic heterocycles. The normalized spacial score (nSPS) is 12.8. The van der Waals surface area contributed by atoms with Gasteiger partial charge in [-0.1, -0.05) is 238 Å². The molecule has 2 aliphatic rings. The maximum absolute atomic E-state index is 13.0. The number of thioether (sulfide) groups is 4. The minimum absolute atomic E-state index is 0.0174. The Morgan fingerprint density at radius 3 is 0.985 bits per heavy atom. The molecular formula is C108H104N2O17S4. The number of amides is 1. The largest absolute Gasteiger partial charge is 0.491 e. The third-order valence-electron chi connectivity index (χ3n) is 21.0. The van der Waals surface area contributed by atoms with E-state index in [1.54, 1.807) is 67.8 Å². The Labute approximate surface area is 782 Å². The van der Waals surface area contributed by atoms with Gasteiger partial charge in [0.15, 0.2) is 0 Å². The van der Waals surface area contributed by atoms with Gasteiger partial charge >= 0.3 is 30.0 Å². The van der Waals surface area contributed by atoms with Crippen LogP contribution in [0.4, 0.5) is 4.79 Å². The first kappa shape index (κ1) is 97.0. The van der Waals surface area contributed by atoms with Crippen LogP contribution in [-0.2, 0) is 58.5 Å². The molecule has 0 fully saturated rings. The number of hydrogen-bond acceptors (Lipinski definition) is 22. The molecule has 0 saturated carbocycles. The van der Waals surface area contributed by atoms with Gasteiger partial charge in [0.05, 0.1) is 42.7 Å². The lowest BCUT2D eigenvalue weighted by atomic mass is 9.68. The van der Waals surface area contributed by atoms with E-state index in [9.17, 15) is 39.0 Å². The quantitative estimate of drug-likeness (QED) is 0.00611. The van der Waals surface area contributed by atoms with Crippen molar-refractivity contribution in [3.8, 4) is 45.3 Å². The van der Waals surface area contributed by atoms with Gasteiger partial charge in [-0.25, -0.2) is 29.0 Å². The van der Waals surface area contributed by atoms with E-state index in [2.05, 4.69) is 180 Å². The van der Waals surface area contributed by atoms with E-state index >= 15 is 0 Å². The minimum atomic E-state index is -0.706. The molecule has 131 heavy (non-hydrogen) atoms. The van der Waals surface area contributed by atoms with Crippen LogP contribution in [0.2, 0.25) is 0 Å². The first-order valence-corrected chi connectivity index (χ1v) is 46.8. The summed E-state index contributed by atoms with van der Waals surface area (Å²) < 4.78 is 51.4. The van der Waals surface area contributed by atoms with Crippen molar-refractivity contribution in [2.45, 2.75) is 88.4 Å². The van der Waals surface area contributed by atoms with Gasteiger partial charge in [0.25, 0.3) is 0 Å². The molecule has 12 aromatic rings. The molecule has 4 unspecified atom stereocenters. The molecule has 3 N–H and O–H groups in total. The van der Waals surface area contributed by atoms with Crippen LogP contribution < -0.4 is 24.3 Å². The molecule has 0 bridgehead atoms. The van der Waals surface area contributed by atoms with Crippen LogP contribution in [-0.4, -0.2) is 153 Å². The number of nitrogens with zero attached hydrogens (tertiary/aromatic N) is 1. The topological polar surface area (TPSA) is 250 Å². The number of esters is 4. The summed E-state index contributed by atoms with van der Waals surface area (Å²) >= 11 is 6.37. The molecule has 19 nitrogen and oxygen atoms in total. The summed E-state index contributed by atoms with van der Waals surface area (Å²) in [6.45, 7) is 16.3. The summed E-state index contributed by atoms with van der Waals surface area (Å²) in [5.74, 6) is 2.80. The smallest absolute Gasteiger partial charge is 0.407 e. The fourth-order valence-electron chi connectivity index (χ4n) is 14.9. The Hall–Kier alpha value is -13.1. The number of fused-ring (bicyclic) bond motifs is 6. The number of hydrogen-bond donors (Lipinski definition) is 3. The van der Waals surface area contributed by atoms with E-state index in [1.807, 2.05) is 170 Å². The molecule has 4 atom stereocenters. The monoisotopic (exact) mass is 1830 g/mol. The van der Waals surface area contributed by atoms with Gasteiger partial charge in [-0.05, 0) is 191 Å². The van der Waals surface area contributed by atoms with Crippen molar-refractivity contribution in [2.24, 2.45) is 4.99 Å². The summed E-state index contributed by atoms with van der Waals surface area (Å²) in [6, 6.07) is 107. The molecule has 672 valence electrons. The van der Waals surface area contributed by atoms with Crippen molar-refractivity contribution < 1.29 is 81.6 Å². The highest BCUT2D eigenvalue weighted by Gasteiger charge is 2.48. The number of ether oxygens (including phenoxy) is 9. The molecule has 0 heterocycles. The number of aliphatic hydroxyl groups is 2. The van der Waals surface area contributed by atoms with E-state index < -0.39 is 65.2 Å². The Balaban J connectivity index is 0.000000223. The predicted molar refractivity (Wildman–Crippen MR) is 518 cm³/mol. The van der Waals surface area contributed by atoms with E-state index in [1.165, 1.54) is 28.3 Å². The van der Waals surface area contributed by atoms with Crippen molar-refractivity contribution in [1.29, 1.82) is 0 Å². The van der Waals surface area contributed by atoms with E-state index in [0.29, 0.717) is 52.1 Å². The Kier molecular flexibility index (Phi) is 36.7. The number of alkyl carbamates (subject to hydrolysis) is 1. The van der Waals surface area contributed by atoms with Crippen molar-refractivity contribution in [3.63, 3.8) is 0 Å². The van der Waals surface area contributed by atoms with Gasteiger partial charge in [0, 0.05) is 65.7 Å². The van der Waals surface area contributed by atoms with Crippen molar-refractivity contribution in [1.82, 2.24) is 5.32 Å². The molecule has 12 aromatic carbocycles. The SMILES string of the molecule is C=C(C)C(=O)OCCCC(=O)OC(COc1ccc(C2(c3ccc(OCC(CSc4ccccc4)OC(=O)NCCOC(=O)C(=C)C)cc3)c3ccccc3-c3ccccc32)cc1)CSc1ccccc1.C=C(C)C(=O)OCCN=C=O.OC(COc1ccc(C2(c3ccc(OCC(O)CSc4ccccc4)cc3)c3ccccc3-c3ccccc32)cc1)CSc1ccccc1. The molecule has 0 spiro atoms. The van der Waals surface area contributed by atoms with Gasteiger partial charge < -0.3 is 58.2 Å². The first-order valence-electron chi connectivity index (χ1n) is 42.9. The van der Waals surface area contributed by atoms with Gasteiger partial charge in [0.2, 0.25) is 6.08 Å². The van der Waals surface area contributed by atoms with Crippen LogP contribution in [0.1, 0.15) is 78.1 Å². The Bertz CT molecular complexity index is 5490. The number of carbonyl (C=O) groups is 5. The minimum Gasteiger partial charge on any atom is -0.491 e. The molecule has 2 aliphatic carbocycles. The van der Waals surface area contributed by atoms with Crippen LogP contribution in [0.25, 0.3) is 22.3 Å². The van der Waals surface area contributed by atoms with Crippen LogP contribution in [0.15, 0.2) is 376 Å². The van der Waals surface area contributed by atoms with Crippen LogP contribution in [0.5, 0.6) is 23.0 Å². The highest BCUT2D eigenvalue weighted by Crippen LogP contribution is 2.58. The maximum atomic E-state index is 13.0. The fourth-order valence-corrected chi connectivity index (χ4v) is 18.3. The molecule has 0 radical (unpaired) electrons. The number of nitrogens with one attached hydrogen (secondary N) is 1. The van der Waals surface area contributed by atoms with E-state index in [4.69, 9.17) is 37.9 Å². The Morgan fingerprint density at radius 1 is 0.366 bits per heavy atom. The standard InChI is InChI=1S/C58H57NO10S2.C43H38O4S2.C7H9NO3/c1-40(2)55(61)64-34-15-24-54(60)68-46(38-70-48-16-7-5-8-17-48)36-66-44-29-25-42(26-30-44)58(52-22-13-11-20-50(52)51-21-12-14-23-53(51)58)43-27-31-45(32-28-43)67-37-47(39-71-49-18-9-6-10-19-49)69-57(63)59-33-35-65-56(62)41(3)4;44-33(29-48-37-11-3-1-4-12-37)27-46-35-23-19-31(20-24-35)43(41-17-9-7-15-39(41)40-16-8-10-18-42(40)43)32-21-25-36(26-22-32)47-28-34(45)30-49-38-13-5-2-6-14-38;1-6(2)7(10)11-4-3-8-5-9/h5-14,16-23,25-32,46-47H,1,3,15,24,33-39H2,2,4H3,(H,59,63);1-26,33-34,44-45H,27-30H2;1,3-4H2,2H3. The zero-order valence-electron chi connectivity index (χ0n) is 73.2. The molecular weight excluding hydrogens is 1730 g/mol. The van der Waals surface area contributed by atoms with Gasteiger partial charge in [-0.2, -0.15) is 0 Å². The van der Waals surface area contributed by atoms with E-state index in [0.717, 1.165) is 75.6 Å². The summed E-state index contributed by atoms with van der Waals surface area (Å²) in [7, 11) is 0. The average Bonchev–Trinajstić information content (AvgIpc) is 1.55. The van der Waals surface area contributed by atoms with Crippen molar-refractivity contribution in [2.75, 3.05) is 82.3 Å². The number of carbonyl (C=O) groups excluding carboxylic acids is 6. The fraction of sp³-hybridized carbons (Fsp3) is 0.222. The molecule has 1 amide bonds. The number of benzene rings is 12. The number of aliphatic imine (C=N–C) groups is 1. The average molecular weight is 1830 g/mol. The summed E-state index contributed by atoms with van der Waals surface area (Å²) in [5, 5.41) is 23.9. The van der Waals surface area contributed by atoms with Gasteiger partial charge in [-0.3, -0.25) is 4.79 Å². The van der Waals surface area contributed by atoms with Crippen molar-refractivity contribution in [3.05, 3.63) is 396 Å². The number of rotatable bonds is 43. The predicted octanol–water partition coefficient (Wildman–Crippen LogP) is 21.0. The lowest BCUT2D eigenvalue weighted by Gasteiger charge is -2.34. The molecule has 0 aromatic heterocycles. The zero-order chi connectivity index (χ0) is 92.2. The zero-order valence-corrected chi connectivity index (χ0v) is 76.4. The second kappa shape index (κ2) is 49.6. The maximum Gasteiger partial charge on any atom is 0.407 e. The van der Waals surface area contributed by atoms with E-state index in [-0.39, 0.29) is 71.3 Å². The van der Waals surface area contributed by atoms with Crippen LogP contribution in [0, 0.1) is 0 Å². The van der Waals surface area contributed by atoms with Crippen molar-refractivity contribution >= 4 is 83.1 Å². The summed E-state index contributed by atoms with van der Waals surface area (Å²) in [5.41, 5.74) is 13.4. The third kappa shape index (κ3) is 27.0. The molecule has 23 heteroatoms. The highest BCUT2D eigenvalue weighted by atomic mass is 32.2. The van der Waals surface area contributed by atoms with Gasteiger partial charge in [-0.15, -0.1) is 47.0 Å².